The van der Waals surface area contributed by atoms with Gasteiger partial charge in [-0.3, -0.25) is 4.79 Å². The molecule has 4 nitrogen and oxygen atoms in total. The quantitative estimate of drug-likeness (QED) is 0.633. The Kier molecular flexibility index (Phi) is 4.98. The topological polar surface area (TPSA) is 46.6 Å². The Balaban J connectivity index is 2.55. The van der Waals surface area contributed by atoms with E-state index in [9.17, 15) is 14.0 Å². The second-order valence-electron chi connectivity index (χ2n) is 5.84. The van der Waals surface area contributed by atoms with Gasteiger partial charge in [-0.05, 0) is 25.0 Å². The van der Waals surface area contributed by atoms with Gasteiger partial charge in [-0.25, -0.2) is 9.18 Å². The standard InChI is InChI=1S/C18H20FNO3/c1-11(2)10-20-12(3)16(18(22)23-4)14(17(20)21)9-13-7-5-6-8-15(13)19/h5-9,11H,10H2,1-4H3. The zero-order valence-electron chi connectivity index (χ0n) is 13.7. The number of benzene rings is 1. The van der Waals surface area contributed by atoms with Crippen LogP contribution in [0.3, 0.4) is 0 Å². The molecule has 0 aliphatic carbocycles. The Bertz CT molecular complexity index is 704. The number of methoxy groups -OCH3 is 1. The lowest BCUT2D eigenvalue weighted by Crippen LogP contribution is -2.28. The first-order chi connectivity index (χ1) is 10.9. The Labute approximate surface area is 135 Å². The van der Waals surface area contributed by atoms with Crippen molar-refractivity contribution in [3.05, 3.63) is 52.5 Å². The minimum Gasteiger partial charge on any atom is -0.465 e. The first-order valence-electron chi connectivity index (χ1n) is 7.44. The van der Waals surface area contributed by atoms with E-state index in [-0.39, 0.29) is 28.5 Å². The van der Waals surface area contributed by atoms with Crippen LogP contribution in [-0.2, 0) is 14.3 Å². The molecule has 122 valence electrons. The molecule has 0 atom stereocenters. The van der Waals surface area contributed by atoms with Crippen molar-refractivity contribution >= 4 is 18.0 Å². The third kappa shape index (κ3) is 3.33. The monoisotopic (exact) mass is 317 g/mol. The number of carbonyl (C=O) groups is 2. The Morgan fingerprint density at radius 1 is 1.35 bits per heavy atom. The molecule has 1 aromatic carbocycles. The summed E-state index contributed by atoms with van der Waals surface area (Å²) < 4.78 is 18.7. The molecule has 0 aromatic heterocycles. The van der Waals surface area contributed by atoms with E-state index in [1.165, 1.54) is 19.3 Å². The zero-order valence-corrected chi connectivity index (χ0v) is 13.7. The summed E-state index contributed by atoms with van der Waals surface area (Å²) in [6, 6.07) is 6.12. The van der Waals surface area contributed by atoms with E-state index in [0.717, 1.165) is 0 Å². The maximum Gasteiger partial charge on any atom is 0.340 e. The molecular weight excluding hydrogens is 297 g/mol. The van der Waals surface area contributed by atoms with Gasteiger partial charge in [0.25, 0.3) is 5.91 Å². The molecule has 2 rings (SSSR count). The Hall–Kier alpha value is -2.43. The first kappa shape index (κ1) is 16.9. The van der Waals surface area contributed by atoms with E-state index < -0.39 is 11.8 Å². The summed E-state index contributed by atoms with van der Waals surface area (Å²) in [7, 11) is 1.26. The van der Waals surface area contributed by atoms with Crippen LogP contribution in [0.15, 0.2) is 41.1 Å². The minimum absolute atomic E-state index is 0.167. The fraction of sp³-hybridized carbons (Fsp3) is 0.333. The summed E-state index contributed by atoms with van der Waals surface area (Å²) in [5.74, 6) is -1.11. The second-order valence-corrected chi connectivity index (χ2v) is 5.84. The zero-order chi connectivity index (χ0) is 17.1. The number of hydrogen-bond acceptors (Lipinski definition) is 3. The summed E-state index contributed by atoms with van der Waals surface area (Å²) in [6.07, 6.45) is 1.41. The third-order valence-electron chi connectivity index (χ3n) is 3.65. The molecule has 1 heterocycles. The van der Waals surface area contributed by atoms with E-state index in [1.54, 1.807) is 30.0 Å². The van der Waals surface area contributed by atoms with Crippen LogP contribution in [0.25, 0.3) is 6.08 Å². The van der Waals surface area contributed by atoms with Crippen LogP contribution in [0.1, 0.15) is 26.3 Å². The fourth-order valence-electron chi connectivity index (χ4n) is 2.56. The van der Waals surface area contributed by atoms with E-state index in [0.29, 0.717) is 12.2 Å². The van der Waals surface area contributed by atoms with Crippen LogP contribution in [0.2, 0.25) is 0 Å². The highest BCUT2D eigenvalue weighted by Crippen LogP contribution is 2.32. The Morgan fingerprint density at radius 2 is 2.00 bits per heavy atom. The number of allylic oxidation sites excluding steroid dienone is 1. The molecule has 0 unspecified atom stereocenters. The number of nitrogens with zero attached hydrogens (tertiary/aromatic N) is 1. The summed E-state index contributed by atoms with van der Waals surface area (Å²) in [6.45, 7) is 6.16. The summed E-state index contributed by atoms with van der Waals surface area (Å²) >= 11 is 0. The Morgan fingerprint density at radius 3 is 2.57 bits per heavy atom. The molecule has 0 saturated carbocycles. The molecule has 0 N–H and O–H groups in total. The minimum atomic E-state index is -0.593. The first-order valence-corrected chi connectivity index (χ1v) is 7.44. The molecular formula is C18H20FNO3. The second kappa shape index (κ2) is 6.77. The lowest BCUT2D eigenvalue weighted by Gasteiger charge is -2.19. The third-order valence-corrected chi connectivity index (χ3v) is 3.65. The van der Waals surface area contributed by atoms with Crippen LogP contribution in [-0.4, -0.2) is 30.4 Å². The van der Waals surface area contributed by atoms with Crippen molar-refractivity contribution in [2.75, 3.05) is 13.7 Å². The van der Waals surface area contributed by atoms with Gasteiger partial charge in [-0.15, -0.1) is 0 Å². The molecule has 1 aliphatic heterocycles. The van der Waals surface area contributed by atoms with Gasteiger partial charge in [0.05, 0.1) is 18.3 Å². The van der Waals surface area contributed by atoms with Crippen molar-refractivity contribution in [2.24, 2.45) is 5.92 Å². The van der Waals surface area contributed by atoms with Crippen molar-refractivity contribution in [3.63, 3.8) is 0 Å². The summed E-state index contributed by atoms with van der Waals surface area (Å²) in [4.78, 5) is 26.3. The van der Waals surface area contributed by atoms with Gasteiger partial charge in [-0.2, -0.15) is 0 Å². The van der Waals surface area contributed by atoms with Crippen molar-refractivity contribution in [1.82, 2.24) is 4.90 Å². The fourth-order valence-corrected chi connectivity index (χ4v) is 2.56. The number of esters is 1. The lowest BCUT2D eigenvalue weighted by molar-refractivity contribution is -0.136. The molecule has 5 heteroatoms. The number of rotatable bonds is 4. The van der Waals surface area contributed by atoms with Gasteiger partial charge in [0, 0.05) is 17.8 Å². The van der Waals surface area contributed by atoms with E-state index in [2.05, 4.69) is 0 Å². The van der Waals surface area contributed by atoms with E-state index in [1.807, 2.05) is 13.8 Å². The maximum absolute atomic E-state index is 13.9. The van der Waals surface area contributed by atoms with Gasteiger partial charge >= 0.3 is 5.97 Å². The molecule has 1 aliphatic rings. The molecule has 1 aromatic rings. The molecule has 23 heavy (non-hydrogen) atoms. The number of halogens is 1. The number of ether oxygens (including phenoxy) is 1. The predicted molar refractivity (Wildman–Crippen MR) is 85.6 cm³/mol. The predicted octanol–water partition coefficient (Wildman–Crippen LogP) is 3.15. The van der Waals surface area contributed by atoms with Gasteiger partial charge in [0.15, 0.2) is 0 Å². The highest BCUT2D eigenvalue weighted by atomic mass is 19.1. The molecule has 0 radical (unpaired) electrons. The van der Waals surface area contributed by atoms with Gasteiger partial charge in [-0.1, -0.05) is 32.0 Å². The number of amides is 1. The van der Waals surface area contributed by atoms with E-state index >= 15 is 0 Å². The smallest absolute Gasteiger partial charge is 0.340 e. The highest BCUT2D eigenvalue weighted by Gasteiger charge is 2.37. The largest absolute Gasteiger partial charge is 0.465 e. The van der Waals surface area contributed by atoms with E-state index in [4.69, 9.17) is 4.74 Å². The summed E-state index contributed by atoms with van der Waals surface area (Å²) in [5.41, 5.74) is 1.16. The molecule has 0 fully saturated rings. The maximum atomic E-state index is 13.9. The van der Waals surface area contributed by atoms with Crippen molar-refractivity contribution in [3.8, 4) is 0 Å². The average molecular weight is 317 g/mol. The van der Waals surface area contributed by atoms with Crippen molar-refractivity contribution < 1.29 is 18.7 Å². The molecule has 1 amide bonds. The van der Waals surface area contributed by atoms with Crippen molar-refractivity contribution in [1.29, 1.82) is 0 Å². The molecule has 0 saturated heterocycles. The van der Waals surface area contributed by atoms with Crippen LogP contribution in [0.5, 0.6) is 0 Å². The van der Waals surface area contributed by atoms with Crippen molar-refractivity contribution in [2.45, 2.75) is 20.8 Å². The summed E-state index contributed by atoms with van der Waals surface area (Å²) in [5, 5.41) is 0. The lowest BCUT2D eigenvalue weighted by atomic mass is 10.0. The van der Waals surface area contributed by atoms with Crippen LogP contribution < -0.4 is 0 Å². The van der Waals surface area contributed by atoms with Crippen LogP contribution >= 0.6 is 0 Å². The number of carbonyl (C=O) groups excluding carboxylic acids is 2. The van der Waals surface area contributed by atoms with Crippen LogP contribution in [0.4, 0.5) is 4.39 Å². The van der Waals surface area contributed by atoms with Gasteiger partial charge in [0.2, 0.25) is 0 Å². The molecule has 0 spiro atoms. The normalized spacial score (nSPS) is 16.7. The average Bonchev–Trinajstić information content (AvgIpc) is 2.73. The van der Waals surface area contributed by atoms with Gasteiger partial charge in [0.1, 0.15) is 5.82 Å². The number of hydrogen-bond donors (Lipinski definition) is 0. The molecule has 0 bridgehead atoms. The SMILES string of the molecule is COC(=O)C1=C(C)N(CC(C)C)C(=O)C1=Cc1ccccc1F. The van der Waals surface area contributed by atoms with Crippen LogP contribution in [0, 0.1) is 11.7 Å². The highest BCUT2D eigenvalue weighted by molar-refractivity contribution is 6.16. The van der Waals surface area contributed by atoms with Gasteiger partial charge < -0.3 is 9.64 Å².